The monoisotopic (exact) mass is 433 g/mol. The van der Waals surface area contributed by atoms with Gasteiger partial charge in [0.05, 0.1) is 10.7 Å². The molecule has 0 aliphatic carbocycles. The highest BCUT2D eigenvalue weighted by Gasteiger charge is 2.25. The second-order valence-electron chi connectivity index (χ2n) is 7.24. The first kappa shape index (κ1) is 21.6. The maximum Gasteiger partial charge on any atom is 0.225 e. The van der Waals surface area contributed by atoms with Crippen LogP contribution in [0.25, 0.3) is 0 Å². The number of hydrogen-bond donors (Lipinski definition) is 2. The smallest absolute Gasteiger partial charge is 0.225 e. The summed E-state index contributed by atoms with van der Waals surface area (Å²) in [4.78, 5) is 26.8. The predicted molar refractivity (Wildman–Crippen MR) is 117 cm³/mol. The van der Waals surface area contributed by atoms with E-state index in [0.29, 0.717) is 35.2 Å². The van der Waals surface area contributed by atoms with E-state index in [1.807, 2.05) is 30.3 Å². The number of halogens is 2. The SMILES string of the molecule is O=C(CCN1CCC(C(=O)NCc2ccccc2)CC1)Nc1cc(Cl)ccc1Cl. The molecule has 1 fully saturated rings. The molecule has 0 atom stereocenters. The third-order valence-corrected chi connectivity index (χ3v) is 5.69. The van der Waals surface area contributed by atoms with E-state index in [1.54, 1.807) is 18.2 Å². The normalized spacial score (nSPS) is 15.1. The van der Waals surface area contributed by atoms with Crippen LogP contribution in [0.3, 0.4) is 0 Å². The summed E-state index contributed by atoms with van der Waals surface area (Å²) in [6, 6.07) is 14.9. The van der Waals surface area contributed by atoms with Crippen LogP contribution in [-0.2, 0) is 16.1 Å². The van der Waals surface area contributed by atoms with Gasteiger partial charge in [0, 0.05) is 30.5 Å². The molecule has 1 saturated heterocycles. The molecule has 5 nitrogen and oxygen atoms in total. The Bertz CT molecular complexity index is 837. The lowest BCUT2D eigenvalue weighted by atomic mass is 9.95. The first-order valence-electron chi connectivity index (χ1n) is 9.80. The van der Waals surface area contributed by atoms with Crippen LogP contribution in [0.5, 0.6) is 0 Å². The number of benzene rings is 2. The molecule has 0 unspecified atom stereocenters. The van der Waals surface area contributed by atoms with Crippen molar-refractivity contribution in [3.05, 3.63) is 64.1 Å². The van der Waals surface area contributed by atoms with E-state index in [-0.39, 0.29) is 17.7 Å². The van der Waals surface area contributed by atoms with Crippen LogP contribution in [0.15, 0.2) is 48.5 Å². The van der Waals surface area contributed by atoms with Gasteiger partial charge in [0.2, 0.25) is 11.8 Å². The third kappa shape index (κ3) is 6.74. The second kappa shape index (κ2) is 10.6. The summed E-state index contributed by atoms with van der Waals surface area (Å²) in [5.74, 6) is 0.0489. The fourth-order valence-corrected chi connectivity index (χ4v) is 3.75. The molecule has 2 aromatic carbocycles. The molecule has 0 bridgehead atoms. The van der Waals surface area contributed by atoms with E-state index >= 15 is 0 Å². The second-order valence-corrected chi connectivity index (χ2v) is 8.09. The topological polar surface area (TPSA) is 61.4 Å². The zero-order valence-corrected chi connectivity index (χ0v) is 17.7. The van der Waals surface area contributed by atoms with Gasteiger partial charge in [-0.15, -0.1) is 0 Å². The fourth-order valence-electron chi connectivity index (χ4n) is 3.41. The van der Waals surface area contributed by atoms with Gasteiger partial charge < -0.3 is 15.5 Å². The highest BCUT2D eigenvalue weighted by Crippen LogP contribution is 2.25. The van der Waals surface area contributed by atoms with E-state index in [0.717, 1.165) is 31.5 Å². The Morgan fingerprint density at radius 3 is 2.48 bits per heavy atom. The summed E-state index contributed by atoms with van der Waals surface area (Å²) in [6.45, 7) is 2.84. The van der Waals surface area contributed by atoms with Crippen molar-refractivity contribution in [3.8, 4) is 0 Å². The minimum absolute atomic E-state index is 0.0362. The van der Waals surface area contributed by atoms with Crippen LogP contribution < -0.4 is 10.6 Å². The Morgan fingerprint density at radius 2 is 1.76 bits per heavy atom. The fraction of sp³-hybridized carbons (Fsp3) is 0.364. The molecule has 2 aromatic rings. The quantitative estimate of drug-likeness (QED) is 0.681. The Labute approximate surface area is 181 Å². The minimum atomic E-state index is -0.100. The van der Waals surface area contributed by atoms with E-state index in [9.17, 15) is 9.59 Å². The largest absolute Gasteiger partial charge is 0.352 e. The molecule has 29 heavy (non-hydrogen) atoms. The van der Waals surface area contributed by atoms with Crippen LogP contribution in [0.2, 0.25) is 10.0 Å². The Morgan fingerprint density at radius 1 is 1.03 bits per heavy atom. The standard InChI is InChI=1S/C22H25Cl2N3O2/c23-18-6-7-19(24)20(14-18)26-21(28)10-13-27-11-8-17(9-12-27)22(29)25-15-16-4-2-1-3-5-16/h1-7,14,17H,8-13,15H2,(H,25,29)(H,26,28). The molecule has 2 N–H and O–H groups in total. The summed E-state index contributed by atoms with van der Waals surface area (Å²) in [7, 11) is 0. The van der Waals surface area contributed by atoms with Crippen LogP contribution in [0.1, 0.15) is 24.8 Å². The Kier molecular flexibility index (Phi) is 7.92. The van der Waals surface area contributed by atoms with Crippen molar-refractivity contribution in [1.82, 2.24) is 10.2 Å². The first-order valence-corrected chi connectivity index (χ1v) is 10.6. The van der Waals surface area contributed by atoms with Crippen molar-refractivity contribution in [2.75, 3.05) is 25.0 Å². The lowest BCUT2D eigenvalue weighted by Crippen LogP contribution is -2.41. The highest BCUT2D eigenvalue weighted by atomic mass is 35.5. The van der Waals surface area contributed by atoms with E-state index in [4.69, 9.17) is 23.2 Å². The lowest BCUT2D eigenvalue weighted by molar-refractivity contribution is -0.126. The van der Waals surface area contributed by atoms with Gasteiger partial charge in [0.15, 0.2) is 0 Å². The minimum Gasteiger partial charge on any atom is -0.352 e. The highest BCUT2D eigenvalue weighted by molar-refractivity contribution is 6.35. The number of carbonyl (C=O) groups excluding carboxylic acids is 2. The van der Waals surface area contributed by atoms with Crippen molar-refractivity contribution in [2.45, 2.75) is 25.8 Å². The zero-order chi connectivity index (χ0) is 20.6. The summed E-state index contributed by atoms with van der Waals surface area (Å²) in [5.41, 5.74) is 1.63. The molecule has 0 radical (unpaired) electrons. The molecule has 0 saturated carbocycles. The van der Waals surface area contributed by atoms with Gasteiger partial charge >= 0.3 is 0 Å². The maximum absolute atomic E-state index is 12.4. The number of anilines is 1. The van der Waals surface area contributed by atoms with Crippen LogP contribution in [0, 0.1) is 5.92 Å². The molecule has 7 heteroatoms. The first-order chi connectivity index (χ1) is 14.0. The van der Waals surface area contributed by atoms with E-state index in [1.165, 1.54) is 0 Å². The summed E-state index contributed by atoms with van der Waals surface area (Å²) in [5, 5.41) is 6.82. The van der Waals surface area contributed by atoms with E-state index in [2.05, 4.69) is 15.5 Å². The van der Waals surface area contributed by atoms with Crippen molar-refractivity contribution in [3.63, 3.8) is 0 Å². The van der Waals surface area contributed by atoms with Crippen LogP contribution >= 0.6 is 23.2 Å². The number of likely N-dealkylation sites (tertiary alicyclic amines) is 1. The summed E-state index contributed by atoms with van der Waals surface area (Å²) in [6.07, 6.45) is 1.98. The van der Waals surface area contributed by atoms with Gasteiger partial charge in [-0.05, 0) is 49.7 Å². The van der Waals surface area contributed by atoms with E-state index < -0.39 is 0 Å². The molecular weight excluding hydrogens is 409 g/mol. The predicted octanol–water partition coefficient (Wildman–Crippen LogP) is 4.35. The van der Waals surface area contributed by atoms with Crippen molar-refractivity contribution < 1.29 is 9.59 Å². The van der Waals surface area contributed by atoms with Crippen molar-refractivity contribution in [1.29, 1.82) is 0 Å². The number of nitrogens with zero attached hydrogens (tertiary/aromatic N) is 1. The van der Waals surface area contributed by atoms with Crippen LogP contribution in [-0.4, -0.2) is 36.3 Å². The maximum atomic E-state index is 12.4. The van der Waals surface area contributed by atoms with Gasteiger partial charge in [0.1, 0.15) is 0 Å². The molecule has 0 aromatic heterocycles. The molecule has 0 spiro atoms. The average Bonchev–Trinajstić information content (AvgIpc) is 2.74. The molecule has 2 amide bonds. The number of piperidine rings is 1. The summed E-state index contributed by atoms with van der Waals surface area (Å²) >= 11 is 12.0. The molecule has 154 valence electrons. The number of carbonyl (C=O) groups is 2. The van der Waals surface area contributed by atoms with Gasteiger partial charge in [-0.1, -0.05) is 53.5 Å². The van der Waals surface area contributed by atoms with Crippen LogP contribution in [0.4, 0.5) is 5.69 Å². The zero-order valence-electron chi connectivity index (χ0n) is 16.2. The third-order valence-electron chi connectivity index (χ3n) is 5.13. The van der Waals surface area contributed by atoms with Gasteiger partial charge in [-0.3, -0.25) is 9.59 Å². The number of rotatable bonds is 7. The summed E-state index contributed by atoms with van der Waals surface area (Å²) < 4.78 is 0. The Hall–Kier alpha value is -2.08. The Balaban J connectivity index is 1.36. The molecule has 1 aliphatic rings. The van der Waals surface area contributed by atoms with Gasteiger partial charge in [-0.25, -0.2) is 0 Å². The van der Waals surface area contributed by atoms with Gasteiger partial charge in [-0.2, -0.15) is 0 Å². The van der Waals surface area contributed by atoms with Gasteiger partial charge in [0.25, 0.3) is 0 Å². The average molecular weight is 434 g/mol. The van der Waals surface area contributed by atoms with Crippen molar-refractivity contribution in [2.24, 2.45) is 5.92 Å². The van der Waals surface area contributed by atoms with Crippen molar-refractivity contribution >= 4 is 40.7 Å². The number of nitrogens with one attached hydrogen (secondary N) is 2. The molecule has 1 aliphatic heterocycles. The number of hydrogen-bond acceptors (Lipinski definition) is 3. The number of amides is 2. The molecule has 1 heterocycles. The molecule has 3 rings (SSSR count). The molecular formula is C22H25Cl2N3O2. The lowest BCUT2D eigenvalue weighted by Gasteiger charge is -2.31.